The molecule has 3 heterocycles. The molecule has 0 radical (unpaired) electrons. The van der Waals surface area contributed by atoms with E-state index in [2.05, 4.69) is 373 Å². The fraction of sp³-hybridized carbons (Fsp3) is 0.226. The van der Waals surface area contributed by atoms with Gasteiger partial charge in [-0.25, -0.2) is 0 Å². The number of hydrogen-bond donors (Lipinski definition) is 0. The third kappa shape index (κ3) is 10.0. The fourth-order valence-electron chi connectivity index (χ4n) is 15.7. The molecule has 1 aliphatic rings. The summed E-state index contributed by atoms with van der Waals surface area (Å²) < 4.78 is 18.0. The molecule has 12 aromatic carbocycles. The molecule has 3 aromatic heterocycles. The Morgan fingerprint density at radius 2 is 0.633 bits per heavy atom. The van der Waals surface area contributed by atoms with Gasteiger partial charge in [-0.3, -0.25) is 0 Å². The maximum Gasteiger partial charge on any atom is 0.145 e. The summed E-state index contributed by atoms with van der Waals surface area (Å²) in [7, 11) is 0. The molecule has 486 valence electrons. The van der Waals surface area contributed by atoms with Gasteiger partial charge in [-0.05, 0) is 186 Å². The zero-order chi connectivity index (χ0) is 68.2. The van der Waals surface area contributed by atoms with Crippen LogP contribution in [-0.2, 0) is 32.5 Å². The third-order valence-electron chi connectivity index (χ3n) is 21.0. The molecule has 0 aliphatic heterocycles. The highest BCUT2D eigenvalue weighted by atomic mass is 16.3. The third-order valence-corrected chi connectivity index (χ3v) is 21.0. The van der Waals surface area contributed by atoms with Gasteiger partial charge in [0, 0.05) is 61.1 Å². The Balaban J connectivity index is 1.13. The molecule has 0 spiro atoms. The van der Waals surface area contributed by atoms with Gasteiger partial charge in [0.25, 0.3) is 0 Å². The minimum absolute atomic E-state index is 0.00518. The normalized spacial score (nSPS) is 13.5. The van der Waals surface area contributed by atoms with Gasteiger partial charge in [0.05, 0.1) is 38.6 Å². The van der Waals surface area contributed by atoms with E-state index in [9.17, 15) is 0 Å². The van der Waals surface area contributed by atoms with Crippen LogP contribution in [0.2, 0.25) is 0 Å². The number of hydrogen-bond acceptors (Lipinski definition) is 4. The number of para-hydroxylation sites is 4. The topological polar surface area (TPSA) is 37.7 Å². The summed E-state index contributed by atoms with van der Waals surface area (Å²) in [6.45, 7) is 34.6. The second kappa shape index (κ2) is 22.3. The van der Waals surface area contributed by atoms with Crippen LogP contribution in [0.5, 0.6) is 0 Å². The lowest BCUT2D eigenvalue weighted by Gasteiger charge is -2.36. The van der Waals surface area contributed by atoms with Gasteiger partial charge in [0.15, 0.2) is 0 Å². The summed E-state index contributed by atoms with van der Waals surface area (Å²) in [6.07, 6.45) is 0. The second-order valence-corrected chi connectivity index (χ2v) is 32.6. The Morgan fingerprint density at radius 3 is 1.05 bits per heavy atom. The summed E-state index contributed by atoms with van der Waals surface area (Å²) in [5.41, 5.74) is 24.3. The van der Waals surface area contributed by atoms with Crippen molar-refractivity contribution in [1.29, 1.82) is 0 Å². The molecule has 1 aliphatic carbocycles. The van der Waals surface area contributed by atoms with E-state index < -0.39 is 5.41 Å². The molecular formula is C93H87N3O2. The predicted octanol–water partition coefficient (Wildman–Crippen LogP) is 26.4. The Bertz CT molecular complexity index is 5370. The Hall–Kier alpha value is -10.4. The summed E-state index contributed by atoms with van der Waals surface area (Å²) >= 11 is 0. The maximum atomic E-state index is 7.76. The minimum atomic E-state index is -1.07. The zero-order valence-electron chi connectivity index (χ0n) is 59.4. The zero-order valence-corrected chi connectivity index (χ0v) is 59.4. The first kappa shape index (κ1) is 62.4. The lowest BCUT2D eigenvalue weighted by Crippen LogP contribution is -2.29. The highest BCUT2D eigenvalue weighted by molar-refractivity contribution is 6.25. The van der Waals surface area contributed by atoms with Crippen LogP contribution in [0.25, 0.3) is 82.5 Å². The smallest absolute Gasteiger partial charge is 0.145 e. The Kier molecular flexibility index (Phi) is 14.2. The van der Waals surface area contributed by atoms with E-state index >= 15 is 0 Å². The van der Waals surface area contributed by atoms with Crippen LogP contribution in [0.15, 0.2) is 264 Å². The number of aromatic nitrogens is 1. The predicted molar refractivity (Wildman–Crippen MR) is 416 cm³/mol. The van der Waals surface area contributed by atoms with Crippen molar-refractivity contribution in [1.82, 2.24) is 4.57 Å². The van der Waals surface area contributed by atoms with Crippen LogP contribution >= 0.6 is 0 Å². The molecule has 0 N–H and O–H groups in total. The molecule has 16 rings (SSSR count). The second-order valence-electron chi connectivity index (χ2n) is 32.6. The molecule has 0 unspecified atom stereocenters. The van der Waals surface area contributed by atoms with E-state index in [0.29, 0.717) is 0 Å². The van der Waals surface area contributed by atoms with Gasteiger partial charge in [-0.1, -0.05) is 249 Å². The van der Waals surface area contributed by atoms with Crippen LogP contribution in [0.4, 0.5) is 34.1 Å². The summed E-state index contributed by atoms with van der Waals surface area (Å²) in [5.74, 6) is 0. The van der Waals surface area contributed by atoms with Gasteiger partial charge in [0.1, 0.15) is 22.3 Å². The Morgan fingerprint density at radius 1 is 0.296 bits per heavy atom. The minimum Gasteiger partial charge on any atom is -0.455 e. The van der Waals surface area contributed by atoms with E-state index in [1.54, 1.807) is 0 Å². The molecule has 98 heavy (non-hydrogen) atoms. The molecule has 15 aromatic rings. The molecule has 0 amide bonds. The highest BCUT2D eigenvalue weighted by Gasteiger charge is 2.51. The number of furan rings is 2. The molecule has 0 saturated carbocycles. The number of benzene rings is 12. The quantitative estimate of drug-likeness (QED) is 0.144. The molecule has 5 heteroatoms. The fourth-order valence-corrected chi connectivity index (χ4v) is 15.7. The van der Waals surface area contributed by atoms with Crippen molar-refractivity contribution in [2.24, 2.45) is 0 Å². The van der Waals surface area contributed by atoms with E-state index in [1.807, 2.05) is 0 Å². The van der Waals surface area contributed by atoms with Crippen molar-refractivity contribution >= 4 is 99.8 Å². The van der Waals surface area contributed by atoms with Gasteiger partial charge in [0.2, 0.25) is 0 Å². The SMILES string of the molecule is CC(C)(C)c1ccc(N(c2ccccc2)c2cc3c(c4oc5ccccc5c24)-c2c(cc(N(c4ccccc4)c4ccc(C(C)(C)C)cc4)c4c2oc2ccccc24)C3(c2ccc(C(C)(C)C)cc2)c2ccc3c(c2)c2cc(C(C)(C)C)ccc2n3-c2ccc(C(C)(C)C)cc2)cc1. The van der Waals surface area contributed by atoms with E-state index in [1.165, 1.54) is 38.6 Å². The first-order valence-corrected chi connectivity index (χ1v) is 35.0. The van der Waals surface area contributed by atoms with Crippen LogP contribution in [0.1, 0.15) is 154 Å². The first-order chi connectivity index (χ1) is 46.8. The number of rotatable bonds is 9. The van der Waals surface area contributed by atoms with Crippen LogP contribution in [0, 0.1) is 0 Å². The van der Waals surface area contributed by atoms with Gasteiger partial charge in [-0.2, -0.15) is 0 Å². The molecule has 5 nitrogen and oxygen atoms in total. The van der Waals surface area contributed by atoms with Crippen LogP contribution < -0.4 is 9.80 Å². The number of nitrogens with zero attached hydrogens (tertiary/aromatic N) is 3. The van der Waals surface area contributed by atoms with Crippen molar-refractivity contribution in [3.05, 3.63) is 305 Å². The van der Waals surface area contributed by atoms with Gasteiger partial charge < -0.3 is 23.2 Å². The standard InChI is InChI=1S/C93H87N3O2/c1-88(2,3)58-34-36-62(37-35-58)93(64-45-53-77-73(55-64)72-54-63(92(13,14)15)44-52-76(72)96(77)69-50-42-61(43-51-69)91(10,11)12)74-56-78(94(65-26-18-16-19-27-65)67-46-38-59(39-47-67)89(4,5)6)82-70-30-22-24-32-80(70)97-86(82)84(74)85-75(93)57-79(83-71-31-23-25-33-81(71)98-87(83)85)95(66-28-20-17-21-29-66)68-48-40-60(41-49-68)90(7,8)9/h16-57H,1-15H3. The van der Waals surface area contributed by atoms with E-state index in [0.717, 1.165) is 128 Å². The highest BCUT2D eigenvalue weighted by Crippen LogP contribution is 2.65. The van der Waals surface area contributed by atoms with Gasteiger partial charge in [-0.15, -0.1) is 0 Å². The number of fused-ring (bicyclic) bond motifs is 14. The lowest BCUT2D eigenvalue weighted by atomic mass is 9.66. The average Bonchev–Trinajstić information content (AvgIpc) is 1.50. The Labute approximate surface area is 577 Å². The van der Waals surface area contributed by atoms with E-state index in [-0.39, 0.29) is 27.1 Å². The summed E-state index contributed by atoms with van der Waals surface area (Å²) in [4.78, 5) is 4.95. The molecular weight excluding hydrogens is 1190 g/mol. The van der Waals surface area contributed by atoms with Crippen LogP contribution in [0.3, 0.4) is 0 Å². The van der Waals surface area contributed by atoms with Crippen molar-refractivity contribution in [3.63, 3.8) is 0 Å². The monoisotopic (exact) mass is 1280 g/mol. The van der Waals surface area contributed by atoms with E-state index in [4.69, 9.17) is 8.83 Å². The molecule has 0 saturated heterocycles. The largest absolute Gasteiger partial charge is 0.455 e. The van der Waals surface area contributed by atoms with Crippen molar-refractivity contribution < 1.29 is 8.83 Å². The van der Waals surface area contributed by atoms with Crippen LogP contribution in [-0.4, -0.2) is 4.57 Å². The van der Waals surface area contributed by atoms with Crippen molar-refractivity contribution in [2.75, 3.05) is 9.80 Å². The first-order valence-electron chi connectivity index (χ1n) is 35.0. The summed E-state index contributed by atoms with van der Waals surface area (Å²) in [6, 6.07) is 96.2. The van der Waals surface area contributed by atoms with Crippen molar-refractivity contribution in [2.45, 2.75) is 136 Å². The average molecular weight is 1280 g/mol. The maximum absolute atomic E-state index is 7.76. The lowest BCUT2D eigenvalue weighted by molar-refractivity contribution is 0.589. The molecule has 0 atom stereocenters. The molecule has 0 bridgehead atoms. The molecule has 0 fully saturated rings. The summed E-state index contributed by atoms with van der Waals surface area (Å²) in [5, 5.41) is 6.50. The van der Waals surface area contributed by atoms with Crippen molar-refractivity contribution in [3.8, 4) is 16.8 Å². The van der Waals surface area contributed by atoms with Gasteiger partial charge >= 0.3 is 0 Å². The number of anilines is 6.